The number of aromatic amines is 1. The second-order valence-corrected chi connectivity index (χ2v) is 14.6. The molecule has 2 aliphatic rings. The topological polar surface area (TPSA) is 230 Å². The Morgan fingerprint density at radius 2 is 2.02 bits per heavy atom. The monoisotopic (exact) mass is 631 g/mol. The highest BCUT2D eigenvalue weighted by Gasteiger charge is 2.43. The third-order valence-electron chi connectivity index (χ3n) is 6.31. The Bertz CT molecular complexity index is 1760. The van der Waals surface area contributed by atoms with Gasteiger partial charge in [0.15, 0.2) is 17.4 Å². The van der Waals surface area contributed by atoms with E-state index >= 15 is 0 Å². The summed E-state index contributed by atoms with van der Waals surface area (Å²) in [6.45, 7) is -7.93. The molecule has 17 nitrogen and oxygen atoms in total. The minimum absolute atomic E-state index is 0.0122. The largest absolute Gasteiger partial charge is 0.386 e. The first-order valence-electron chi connectivity index (χ1n) is 11.7. The van der Waals surface area contributed by atoms with Gasteiger partial charge in [0.2, 0.25) is 5.95 Å². The van der Waals surface area contributed by atoms with E-state index in [-0.39, 0.29) is 55.7 Å². The van der Waals surface area contributed by atoms with Crippen LogP contribution in [0.25, 0.3) is 22.2 Å². The van der Waals surface area contributed by atoms with Crippen LogP contribution < -0.4 is 17.0 Å². The standard InChI is InChI=1S/C19H23N9O8P2S2/c20-14-11-3-9-5-33-38(31,40)36-12-4-10(6-34-37(30,39)32-2-1-27(9)15(11)23-7-22-14)35-18(12)28-8-24-13-16(28)25-19(21)26-17(13)29/h3,7-8,10,12,18H,1-2,4-6H2,(H,30,39)(H,31,40)(H2,20,22,23)(H3,21,25,26,29)/t10-,12+,18+,37?,38?/m0/s1. The molecule has 6 N–H and O–H groups in total. The number of thiol groups is 1. The molecule has 214 valence electrons. The van der Waals surface area contributed by atoms with E-state index in [4.69, 9.17) is 46.1 Å². The first-order chi connectivity index (χ1) is 19.0. The van der Waals surface area contributed by atoms with Crippen LogP contribution >= 0.6 is 25.8 Å². The van der Waals surface area contributed by atoms with Gasteiger partial charge in [-0.25, -0.2) is 19.5 Å². The van der Waals surface area contributed by atoms with E-state index in [1.54, 1.807) is 10.6 Å². The molecule has 21 heteroatoms. The summed E-state index contributed by atoms with van der Waals surface area (Å²) in [5.41, 5.74) is 12.3. The Morgan fingerprint density at radius 3 is 2.85 bits per heavy atom. The van der Waals surface area contributed by atoms with Gasteiger partial charge in [0, 0.05) is 18.7 Å². The smallest absolute Gasteiger partial charge is 0.383 e. The third-order valence-corrected chi connectivity index (χ3v) is 9.55. The Kier molecular flexibility index (Phi) is 7.23. The number of hydrogen-bond acceptors (Lipinski definition) is 14. The number of nitrogens with one attached hydrogen (secondary N) is 1. The van der Waals surface area contributed by atoms with Crippen molar-refractivity contribution in [1.82, 2.24) is 34.1 Å². The molecule has 6 heterocycles. The van der Waals surface area contributed by atoms with E-state index in [2.05, 4.69) is 37.2 Å². The molecule has 5 atom stereocenters. The van der Waals surface area contributed by atoms with Crippen LogP contribution in [0.2, 0.25) is 0 Å². The molecule has 0 amide bonds. The van der Waals surface area contributed by atoms with E-state index in [1.165, 1.54) is 17.2 Å². The molecule has 2 aliphatic heterocycles. The quantitative estimate of drug-likeness (QED) is 0.147. The van der Waals surface area contributed by atoms with E-state index in [0.29, 0.717) is 16.7 Å². The maximum atomic E-state index is 13.4. The highest BCUT2D eigenvalue weighted by atomic mass is 32.7. The molecule has 1 saturated heterocycles. The van der Waals surface area contributed by atoms with Crippen LogP contribution in [0.1, 0.15) is 18.3 Å². The molecule has 40 heavy (non-hydrogen) atoms. The number of rotatable bonds is 1. The summed E-state index contributed by atoms with van der Waals surface area (Å²) in [4.78, 5) is 41.8. The number of nitrogen functional groups attached to an aromatic ring is 2. The van der Waals surface area contributed by atoms with E-state index in [0.717, 1.165) is 0 Å². The fraction of sp³-hybridized carbons (Fsp3) is 0.421. The maximum absolute atomic E-state index is 13.4. The molecule has 1 fully saturated rings. The predicted molar refractivity (Wildman–Crippen MR) is 148 cm³/mol. The van der Waals surface area contributed by atoms with Crippen molar-refractivity contribution in [1.29, 1.82) is 0 Å². The van der Waals surface area contributed by atoms with Crippen LogP contribution in [0, 0.1) is 0 Å². The number of nitrogens with two attached hydrogens (primary N) is 2. The number of imidazole rings is 1. The molecule has 0 aromatic carbocycles. The van der Waals surface area contributed by atoms with Gasteiger partial charge in [0.25, 0.3) is 5.56 Å². The summed E-state index contributed by atoms with van der Waals surface area (Å²) < 4.78 is 45.3. The van der Waals surface area contributed by atoms with Crippen molar-refractivity contribution in [2.75, 3.05) is 24.7 Å². The molecule has 0 saturated carbocycles. The SMILES string of the molecule is Nc1nc2c(ncn2[C@@H]2O[C@@H]3COP(O)(=S)OCCn4c(cc5c(N)ncnc54)COP(=O)(S)O[C@@H]2C3)c(=O)[nH]1. The molecule has 0 radical (unpaired) electrons. The number of fused-ring (bicyclic) bond motifs is 6. The first-order valence-corrected chi connectivity index (χ1v) is 17.0. The Labute approximate surface area is 235 Å². The average molecular weight is 632 g/mol. The minimum Gasteiger partial charge on any atom is -0.383 e. The van der Waals surface area contributed by atoms with Crippen molar-refractivity contribution in [3.05, 3.63) is 34.8 Å². The molecular formula is C19H23N9O8P2S2. The van der Waals surface area contributed by atoms with Crippen molar-refractivity contribution in [2.45, 2.75) is 38.0 Å². The number of ether oxygens (including phenoxy) is 1. The van der Waals surface area contributed by atoms with Crippen LogP contribution in [-0.2, 0) is 52.4 Å². The maximum Gasteiger partial charge on any atom is 0.386 e. The molecule has 4 aromatic heterocycles. The van der Waals surface area contributed by atoms with Gasteiger partial charge in [-0.1, -0.05) is 12.2 Å². The number of anilines is 2. The summed E-state index contributed by atoms with van der Waals surface area (Å²) in [5.74, 6) is 0.102. The zero-order valence-corrected chi connectivity index (χ0v) is 23.9. The van der Waals surface area contributed by atoms with Gasteiger partial charge in [0.1, 0.15) is 23.9 Å². The summed E-state index contributed by atoms with van der Waals surface area (Å²) in [7, 11) is 0. The van der Waals surface area contributed by atoms with E-state index in [1.807, 2.05) is 0 Å². The van der Waals surface area contributed by atoms with Gasteiger partial charge in [0.05, 0.1) is 37.6 Å². The molecule has 0 aliphatic carbocycles. The van der Waals surface area contributed by atoms with Gasteiger partial charge < -0.3 is 34.7 Å². The molecule has 2 unspecified atom stereocenters. The highest BCUT2D eigenvalue weighted by Crippen LogP contribution is 2.57. The van der Waals surface area contributed by atoms with Crippen LogP contribution in [0.3, 0.4) is 0 Å². The second kappa shape index (κ2) is 10.4. The summed E-state index contributed by atoms with van der Waals surface area (Å²) in [6, 6.07) is 1.69. The Morgan fingerprint density at radius 1 is 1.20 bits per heavy atom. The Hall–Kier alpha value is -2.44. The minimum atomic E-state index is -4.02. The van der Waals surface area contributed by atoms with Crippen LogP contribution in [-0.4, -0.2) is 64.4 Å². The van der Waals surface area contributed by atoms with Crippen LogP contribution in [0.4, 0.5) is 11.8 Å². The molecule has 4 aromatic rings. The van der Waals surface area contributed by atoms with Crippen LogP contribution in [0.5, 0.6) is 0 Å². The lowest BCUT2D eigenvalue weighted by atomic mass is 10.2. The zero-order valence-electron chi connectivity index (χ0n) is 20.4. The van der Waals surface area contributed by atoms with Crippen molar-refractivity contribution >= 4 is 71.5 Å². The molecule has 2 bridgehead atoms. The fourth-order valence-electron chi connectivity index (χ4n) is 4.61. The second-order valence-electron chi connectivity index (χ2n) is 8.93. The van der Waals surface area contributed by atoms with E-state index < -0.39 is 37.5 Å². The van der Waals surface area contributed by atoms with Gasteiger partial charge >= 0.3 is 13.5 Å². The zero-order chi connectivity index (χ0) is 28.2. The van der Waals surface area contributed by atoms with Gasteiger partial charge in [-0.2, -0.15) is 4.98 Å². The van der Waals surface area contributed by atoms with E-state index in [9.17, 15) is 14.3 Å². The van der Waals surface area contributed by atoms with Gasteiger partial charge in [-0.05, 0) is 17.9 Å². The Balaban J connectivity index is 1.36. The number of hydrogen-bond donors (Lipinski definition) is 5. The number of nitrogens with zero attached hydrogens (tertiary/aromatic N) is 6. The predicted octanol–water partition coefficient (Wildman–Crippen LogP) is 1.22. The number of H-pyrrole nitrogens is 1. The van der Waals surface area contributed by atoms with Gasteiger partial charge in [-0.3, -0.25) is 23.4 Å². The van der Waals surface area contributed by atoms with Crippen LogP contribution in [0.15, 0.2) is 23.5 Å². The lowest BCUT2D eigenvalue weighted by molar-refractivity contribution is -0.0439. The molecule has 0 spiro atoms. The third kappa shape index (κ3) is 5.42. The lowest BCUT2D eigenvalue weighted by Gasteiger charge is -2.23. The lowest BCUT2D eigenvalue weighted by Crippen LogP contribution is -2.22. The summed E-state index contributed by atoms with van der Waals surface area (Å²) in [5, 5.41) is 0.539. The summed E-state index contributed by atoms with van der Waals surface area (Å²) >= 11 is 9.38. The normalized spacial score (nSPS) is 30.2. The van der Waals surface area contributed by atoms with Crippen molar-refractivity contribution in [2.24, 2.45) is 0 Å². The number of aromatic nitrogens is 7. The fourth-order valence-corrected chi connectivity index (χ4v) is 7.18. The van der Waals surface area contributed by atoms with Crippen molar-refractivity contribution in [3.8, 4) is 0 Å². The molecular weight excluding hydrogens is 608 g/mol. The van der Waals surface area contributed by atoms with Crippen molar-refractivity contribution < 1.29 is 32.3 Å². The van der Waals surface area contributed by atoms with Gasteiger partial charge in [-0.15, -0.1) is 0 Å². The summed E-state index contributed by atoms with van der Waals surface area (Å²) in [6.07, 6.45) is 0.123. The first kappa shape index (κ1) is 27.7. The van der Waals surface area contributed by atoms with Crippen molar-refractivity contribution in [3.63, 3.8) is 0 Å². The molecule has 6 rings (SSSR count). The average Bonchev–Trinajstić information content (AvgIpc) is 3.57. The highest BCUT2D eigenvalue weighted by molar-refractivity contribution is 8.44.